The third-order valence-electron chi connectivity index (χ3n) is 9.19. The van der Waals surface area contributed by atoms with Crippen molar-refractivity contribution in [1.29, 1.82) is 0 Å². The first kappa shape index (κ1) is 33.6. The highest BCUT2D eigenvalue weighted by atomic mass is 16.5. The number of carbonyl (C=O) groups excluding carboxylic acids is 2. The Hall–Kier alpha value is -4.27. The lowest BCUT2D eigenvalue weighted by Gasteiger charge is -2.36. The zero-order valence-corrected chi connectivity index (χ0v) is 28.2. The highest BCUT2D eigenvalue weighted by Gasteiger charge is 2.27. The summed E-state index contributed by atoms with van der Waals surface area (Å²) < 4.78 is 16.7. The summed E-state index contributed by atoms with van der Waals surface area (Å²) in [6, 6.07) is 5.83. The number of β-amino-alcohol motifs (C(OH)–C–C–N with tert-alkyl or cyclic N) is 1. The lowest BCUT2D eigenvalue weighted by molar-refractivity contribution is -0.134. The van der Waals surface area contributed by atoms with Crippen molar-refractivity contribution in [3.8, 4) is 5.75 Å². The summed E-state index contributed by atoms with van der Waals surface area (Å²) in [7, 11) is 0. The molecule has 2 amide bonds. The van der Waals surface area contributed by atoms with E-state index >= 15 is 0 Å². The first-order valence-corrected chi connectivity index (χ1v) is 16.7. The van der Waals surface area contributed by atoms with Gasteiger partial charge in [-0.3, -0.25) is 14.5 Å². The molecule has 2 aromatic heterocycles. The van der Waals surface area contributed by atoms with Gasteiger partial charge in [0, 0.05) is 64.3 Å². The number of nitrogens with zero attached hydrogens (tertiary/aromatic N) is 6. The Balaban J connectivity index is 1.03. The zero-order valence-electron chi connectivity index (χ0n) is 28.2. The predicted molar refractivity (Wildman–Crippen MR) is 178 cm³/mol. The number of hydrogen-bond donors (Lipinski definition) is 3. The second kappa shape index (κ2) is 14.9. The van der Waals surface area contributed by atoms with Gasteiger partial charge in [0.2, 0.25) is 11.9 Å². The van der Waals surface area contributed by atoms with E-state index in [2.05, 4.69) is 43.5 Å². The normalized spacial score (nSPS) is 17.5. The van der Waals surface area contributed by atoms with Crippen molar-refractivity contribution >= 4 is 23.6 Å². The van der Waals surface area contributed by atoms with Gasteiger partial charge < -0.3 is 39.4 Å². The molecule has 1 atom stereocenters. The van der Waals surface area contributed by atoms with Crippen LogP contribution in [0.1, 0.15) is 52.5 Å². The van der Waals surface area contributed by atoms with Gasteiger partial charge in [0.15, 0.2) is 12.2 Å². The third kappa shape index (κ3) is 7.88. The fourth-order valence-corrected chi connectivity index (χ4v) is 6.25. The van der Waals surface area contributed by atoms with E-state index < -0.39 is 6.10 Å². The molecule has 14 heteroatoms. The molecular formula is C34H46N8O6. The molecule has 0 radical (unpaired) electrons. The number of aliphatic hydroxyl groups excluding tert-OH is 1. The third-order valence-corrected chi connectivity index (χ3v) is 9.19. The first-order chi connectivity index (χ1) is 23.1. The van der Waals surface area contributed by atoms with Crippen molar-refractivity contribution in [1.82, 2.24) is 30.1 Å². The maximum absolute atomic E-state index is 13.3. The molecule has 2 saturated heterocycles. The average molecular weight is 663 g/mol. The number of oxazole rings is 1. The van der Waals surface area contributed by atoms with E-state index in [0.29, 0.717) is 70.9 Å². The van der Waals surface area contributed by atoms with Crippen LogP contribution in [0.15, 0.2) is 29.0 Å². The van der Waals surface area contributed by atoms with Gasteiger partial charge in [0.05, 0.1) is 31.1 Å². The molecular weight excluding hydrogens is 616 g/mol. The number of benzene rings is 1. The van der Waals surface area contributed by atoms with E-state index in [1.807, 2.05) is 36.6 Å². The van der Waals surface area contributed by atoms with Crippen LogP contribution in [-0.4, -0.2) is 113 Å². The van der Waals surface area contributed by atoms with Gasteiger partial charge in [0.25, 0.3) is 5.91 Å². The summed E-state index contributed by atoms with van der Waals surface area (Å²) in [5.74, 6) is 2.22. The van der Waals surface area contributed by atoms with Crippen LogP contribution in [0, 0.1) is 19.8 Å². The molecule has 3 aromatic rings. The lowest BCUT2D eigenvalue weighted by atomic mass is 9.94. The van der Waals surface area contributed by atoms with Crippen molar-refractivity contribution in [3.63, 3.8) is 0 Å². The Morgan fingerprint density at radius 1 is 1.10 bits per heavy atom. The van der Waals surface area contributed by atoms with Gasteiger partial charge >= 0.3 is 0 Å². The number of amides is 2. The molecule has 258 valence electrons. The molecule has 6 rings (SSSR count). The molecule has 0 aliphatic carbocycles. The summed E-state index contributed by atoms with van der Waals surface area (Å²) in [6.45, 7) is 13.5. The molecule has 0 unspecified atom stereocenters. The summed E-state index contributed by atoms with van der Waals surface area (Å²) in [4.78, 5) is 45.3. The number of aromatic nitrogens is 3. The number of aliphatic hydroxyl groups is 1. The van der Waals surface area contributed by atoms with Crippen LogP contribution in [0.4, 0.5) is 11.8 Å². The summed E-state index contributed by atoms with van der Waals surface area (Å²) in [5, 5.41) is 17.1. The molecule has 48 heavy (non-hydrogen) atoms. The molecule has 0 saturated carbocycles. The van der Waals surface area contributed by atoms with Crippen molar-refractivity contribution in [2.75, 3.05) is 69.2 Å². The number of aryl methyl sites for hydroxylation is 1. The molecule has 3 N–H and O–H groups in total. The van der Waals surface area contributed by atoms with Gasteiger partial charge in [-0.2, -0.15) is 4.98 Å². The van der Waals surface area contributed by atoms with Crippen LogP contribution >= 0.6 is 0 Å². The quantitative estimate of drug-likeness (QED) is 0.259. The van der Waals surface area contributed by atoms with E-state index in [1.54, 1.807) is 6.07 Å². The van der Waals surface area contributed by atoms with Crippen LogP contribution in [-0.2, 0) is 29.1 Å². The largest absolute Gasteiger partial charge is 0.485 e. The fourth-order valence-electron chi connectivity index (χ4n) is 6.25. The second-order valence-electron chi connectivity index (χ2n) is 13.1. The summed E-state index contributed by atoms with van der Waals surface area (Å²) in [5.41, 5.74) is 4.63. The van der Waals surface area contributed by atoms with Crippen molar-refractivity contribution in [2.45, 2.75) is 59.4 Å². The number of hydrogen-bond acceptors (Lipinski definition) is 12. The number of carbonyl (C=O) groups is 2. The van der Waals surface area contributed by atoms with Gasteiger partial charge in [-0.25, -0.2) is 9.97 Å². The highest BCUT2D eigenvalue weighted by Crippen LogP contribution is 2.30. The Labute approximate surface area is 280 Å². The van der Waals surface area contributed by atoms with Crippen LogP contribution in [0.5, 0.6) is 5.75 Å². The SMILES string of the molecule is Cc1ncoc1COc1ccc2c(c1C)CCN(C[C@@H](O)CNC(=O)c1cc(NC3COC3)nc(N3CCN(C(=O)C(C)C)CC3)n1)C2. The monoisotopic (exact) mass is 662 g/mol. The average Bonchev–Trinajstić information content (AvgIpc) is 3.48. The van der Waals surface area contributed by atoms with E-state index in [-0.39, 0.29) is 36.0 Å². The van der Waals surface area contributed by atoms with E-state index in [0.717, 1.165) is 35.7 Å². The Morgan fingerprint density at radius 3 is 2.58 bits per heavy atom. The standard InChI is InChI=1S/C34H46N8O6/c1-21(2)33(45)41-9-11-42(12-10-41)34-38-28(13-31(39-34)37-25-17-46-18-25)32(44)35-14-26(43)16-40-8-7-27-22(3)29(6-5-24(27)15-40)47-19-30-23(4)36-20-48-30/h5-6,13,20-21,25-26,43H,7-12,14-19H2,1-4H3,(H,35,44)(H,37,38,39)/t26-/m0/s1. The topological polar surface area (TPSA) is 158 Å². The highest BCUT2D eigenvalue weighted by molar-refractivity contribution is 5.93. The van der Waals surface area contributed by atoms with Crippen molar-refractivity contribution in [3.05, 3.63) is 58.4 Å². The lowest BCUT2D eigenvalue weighted by Crippen LogP contribution is -2.50. The molecule has 0 bridgehead atoms. The minimum atomic E-state index is -0.762. The van der Waals surface area contributed by atoms with Crippen molar-refractivity contribution < 1.29 is 28.6 Å². The second-order valence-corrected chi connectivity index (χ2v) is 13.1. The van der Waals surface area contributed by atoms with Crippen LogP contribution in [0.3, 0.4) is 0 Å². The zero-order chi connectivity index (χ0) is 33.8. The number of anilines is 2. The number of piperazine rings is 1. The molecule has 3 aliphatic heterocycles. The fraction of sp³-hybridized carbons (Fsp3) is 0.559. The van der Waals surface area contributed by atoms with Crippen LogP contribution < -0.4 is 20.3 Å². The Kier molecular flexibility index (Phi) is 10.4. The molecule has 3 aliphatic rings. The summed E-state index contributed by atoms with van der Waals surface area (Å²) >= 11 is 0. The number of nitrogens with one attached hydrogen (secondary N) is 2. The molecule has 1 aromatic carbocycles. The van der Waals surface area contributed by atoms with Gasteiger partial charge in [-0.15, -0.1) is 0 Å². The van der Waals surface area contributed by atoms with E-state index in [9.17, 15) is 14.7 Å². The van der Waals surface area contributed by atoms with Gasteiger partial charge in [0.1, 0.15) is 23.9 Å². The molecule has 14 nitrogen and oxygen atoms in total. The molecule has 5 heterocycles. The maximum atomic E-state index is 13.3. The van der Waals surface area contributed by atoms with E-state index in [4.69, 9.17) is 13.9 Å². The van der Waals surface area contributed by atoms with Crippen molar-refractivity contribution in [2.24, 2.45) is 5.92 Å². The molecule has 0 spiro atoms. The molecule has 2 fully saturated rings. The Morgan fingerprint density at radius 2 is 1.90 bits per heavy atom. The predicted octanol–water partition coefficient (Wildman–Crippen LogP) is 1.92. The number of ether oxygens (including phenoxy) is 2. The number of rotatable bonds is 12. The summed E-state index contributed by atoms with van der Waals surface area (Å²) in [6.07, 6.45) is 1.50. The van der Waals surface area contributed by atoms with E-state index in [1.165, 1.54) is 17.5 Å². The minimum absolute atomic E-state index is 0.0553. The Bertz CT molecular complexity index is 1600. The van der Waals surface area contributed by atoms with Gasteiger partial charge in [-0.05, 0) is 43.0 Å². The smallest absolute Gasteiger partial charge is 0.270 e. The first-order valence-electron chi connectivity index (χ1n) is 16.7. The minimum Gasteiger partial charge on any atom is -0.485 e. The maximum Gasteiger partial charge on any atom is 0.270 e. The number of fused-ring (bicyclic) bond motifs is 1. The van der Waals surface area contributed by atoms with Crippen LogP contribution in [0.25, 0.3) is 0 Å². The van der Waals surface area contributed by atoms with Crippen LogP contribution in [0.2, 0.25) is 0 Å². The van der Waals surface area contributed by atoms with Gasteiger partial charge in [-0.1, -0.05) is 19.9 Å².